The van der Waals surface area contributed by atoms with Gasteiger partial charge >= 0.3 is 5.97 Å². The molecule has 2 aromatic heterocycles. The minimum absolute atomic E-state index is 0.178. The standard InChI is InChI=1S/C31H33N5O5/c1-18(37)28-24-12-21(22-15-32-19(2)33-16-22)11-20-7-5-3-4-6-8-23(38)9-10-31-13-25(30(40)41)36(26(31)14-31)27(39)17-35(34-28)29(20)24/h3,5,11-12,15-16,25-26H,4,6-10,13-14,17H2,1-2H3,(H,40,41)/b5-3+/t25-,26+,31-/m0/s1. The molecule has 10 heteroatoms. The zero-order valence-corrected chi connectivity index (χ0v) is 23.3. The van der Waals surface area contributed by atoms with Crippen LogP contribution in [0.25, 0.3) is 22.0 Å². The maximum Gasteiger partial charge on any atom is 0.326 e. The van der Waals surface area contributed by atoms with Crippen LogP contribution in [-0.2, 0) is 27.3 Å². The van der Waals surface area contributed by atoms with E-state index in [2.05, 4.69) is 21.1 Å². The summed E-state index contributed by atoms with van der Waals surface area (Å²) < 4.78 is 1.57. The monoisotopic (exact) mass is 555 g/mol. The van der Waals surface area contributed by atoms with Crippen LogP contribution in [0.15, 0.2) is 36.7 Å². The van der Waals surface area contributed by atoms with Gasteiger partial charge in [0.15, 0.2) is 5.78 Å². The Bertz CT molecular complexity index is 1610. The molecule has 3 aromatic rings. The second-order valence-electron chi connectivity index (χ2n) is 11.7. The lowest BCUT2D eigenvalue weighted by Gasteiger charge is -2.24. The number of aliphatic carboxylic acids is 1. The number of benzene rings is 1. The van der Waals surface area contributed by atoms with Gasteiger partial charge in [-0.15, -0.1) is 0 Å². The molecule has 1 aromatic carbocycles. The molecule has 10 nitrogen and oxygen atoms in total. The third-order valence-electron chi connectivity index (χ3n) is 8.88. The van der Waals surface area contributed by atoms with Crippen LogP contribution in [0.1, 0.15) is 73.7 Å². The minimum atomic E-state index is -1.03. The number of carbonyl (C=O) groups excluding carboxylic acids is 3. The molecule has 212 valence electrons. The van der Waals surface area contributed by atoms with E-state index in [0.717, 1.165) is 29.5 Å². The second kappa shape index (κ2) is 10.3. The lowest BCUT2D eigenvalue weighted by atomic mass is 9.92. The van der Waals surface area contributed by atoms with Gasteiger partial charge in [-0.05, 0) is 74.1 Å². The number of aromatic nitrogens is 4. The molecule has 6 rings (SSSR count). The van der Waals surface area contributed by atoms with E-state index in [1.807, 2.05) is 25.1 Å². The highest BCUT2D eigenvalue weighted by atomic mass is 16.4. The number of amides is 1. The largest absolute Gasteiger partial charge is 0.480 e. The zero-order valence-electron chi connectivity index (χ0n) is 23.3. The van der Waals surface area contributed by atoms with E-state index in [1.54, 1.807) is 17.1 Å². The Balaban J connectivity index is 1.47. The summed E-state index contributed by atoms with van der Waals surface area (Å²) in [6.45, 7) is 3.09. The van der Waals surface area contributed by atoms with Crippen LogP contribution in [0.2, 0.25) is 0 Å². The quantitative estimate of drug-likeness (QED) is 0.377. The number of piperidine rings is 1. The highest BCUT2D eigenvalue weighted by Gasteiger charge is 2.66. The summed E-state index contributed by atoms with van der Waals surface area (Å²) in [5.41, 5.74) is 3.13. The van der Waals surface area contributed by atoms with Crippen LogP contribution in [0.5, 0.6) is 0 Å². The number of aryl methyl sites for hydroxylation is 1. The van der Waals surface area contributed by atoms with Gasteiger partial charge in [0.05, 0.1) is 5.52 Å². The molecule has 3 atom stereocenters. The molecule has 1 amide bonds. The summed E-state index contributed by atoms with van der Waals surface area (Å²) in [6.07, 6.45) is 12.2. The van der Waals surface area contributed by atoms with Crippen molar-refractivity contribution >= 4 is 34.3 Å². The van der Waals surface area contributed by atoms with Gasteiger partial charge in [-0.25, -0.2) is 14.8 Å². The van der Waals surface area contributed by atoms with Crippen molar-refractivity contribution in [3.8, 4) is 11.1 Å². The number of carboxylic acid groups (broad SMARTS) is 1. The topological polar surface area (TPSA) is 135 Å². The Kier molecular flexibility index (Phi) is 6.79. The highest BCUT2D eigenvalue weighted by Crippen LogP contribution is 2.62. The van der Waals surface area contributed by atoms with Crippen molar-refractivity contribution in [3.05, 3.63) is 53.8 Å². The van der Waals surface area contributed by atoms with E-state index in [1.165, 1.54) is 11.8 Å². The van der Waals surface area contributed by atoms with Gasteiger partial charge < -0.3 is 10.0 Å². The van der Waals surface area contributed by atoms with Gasteiger partial charge in [-0.1, -0.05) is 12.2 Å². The average molecular weight is 556 g/mol. The van der Waals surface area contributed by atoms with Crippen LogP contribution in [0.4, 0.5) is 0 Å². The number of Topliss-reactive ketones (excluding diaryl/α,β-unsaturated/α-hetero) is 2. The second-order valence-corrected chi connectivity index (χ2v) is 11.7. The number of carbonyl (C=O) groups is 4. The predicted octanol–water partition coefficient (Wildman–Crippen LogP) is 4.08. The van der Waals surface area contributed by atoms with E-state index in [0.29, 0.717) is 55.3 Å². The van der Waals surface area contributed by atoms with Crippen LogP contribution in [-0.4, -0.2) is 65.3 Å². The molecule has 1 saturated carbocycles. The summed E-state index contributed by atoms with van der Waals surface area (Å²) >= 11 is 0. The van der Waals surface area contributed by atoms with Crippen molar-refractivity contribution in [2.75, 3.05) is 0 Å². The molecule has 0 unspecified atom stereocenters. The first kappa shape index (κ1) is 27.0. The predicted molar refractivity (Wildman–Crippen MR) is 150 cm³/mol. The SMILES string of the molecule is CC(=O)c1nn2c3c(cc(-c4cnc(C)nc4)cc13)C/C=C/CCCC(=O)CC[C@@]13C[C@@H](C(=O)O)N(C(=O)C2)[C@@H]1C3. The van der Waals surface area contributed by atoms with Gasteiger partial charge in [-0.3, -0.25) is 19.1 Å². The van der Waals surface area contributed by atoms with E-state index in [-0.39, 0.29) is 41.2 Å². The van der Waals surface area contributed by atoms with Crippen molar-refractivity contribution in [2.24, 2.45) is 5.41 Å². The van der Waals surface area contributed by atoms with E-state index in [4.69, 9.17) is 0 Å². The van der Waals surface area contributed by atoms with E-state index >= 15 is 0 Å². The lowest BCUT2D eigenvalue weighted by Crippen LogP contribution is -2.44. The summed E-state index contributed by atoms with van der Waals surface area (Å²) in [5, 5.41) is 15.2. The van der Waals surface area contributed by atoms with Crippen molar-refractivity contribution < 1.29 is 24.3 Å². The van der Waals surface area contributed by atoms with Gasteiger partial charge in [0, 0.05) is 49.2 Å². The Morgan fingerprint density at radius 2 is 1.83 bits per heavy atom. The highest BCUT2D eigenvalue weighted by molar-refractivity contribution is 6.07. The number of rotatable bonds is 3. The molecule has 3 aliphatic rings. The fourth-order valence-electron chi connectivity index (χ4n) is 6.68. The number of allylic oxidation sites excluding steroid dienone is 2. The van der Waals surface area contributed by atoms with Gasteiger partial charge in [0.25, 0.3) is 0 Å². The molecule has 2 fully saturated rings. The Morgan fingerprint density at radius 1 is 1.05 bits per heavy atom. The lowest BCUT2D eigenvalue weighted by molar-refractivity contribution is -0.149. The number of nitrogens with zero attached hydrogens (tertiary/aromatic N) is 5. The summed E-state index contributed by atoms with van der Waals surface area (Å²) in [7, 11) is 0. The third-order valence-corrected chi connectivity index (χ3v) is 8.88. The first-order chi connectivity index (χ1) is 19.7. The molecule has 1 aliphatic carbocycles. The number of ketones is 2. The minimum Gasteiger partial charge on any atom is -0.480 e. The van der Waals surface area contributed by atoms with Crippen LogP contribution in [0, 0.1) is 12.3 Å². The molecule has 2 aliphatic heterocycles. The first-order valence-corrected chi connectivity index (χ1v) is 14.2. The Hall–Kier alpha value is -4.21. The van der Waals surface area contributed by atoms with Gasteiger partial charge in [0.2, 0.25) is 5.91 Å². The molecule has 0 spiro atoms. The maximum atomic E-state index is 13.8. The van der Waals surface area contributed by atoms with E-state index in [9.17, 15) is 24.3 Å². The van der Waals surface area contributed by atoms with Crippen LogP contribution >= 0.6 is 0 Å². The van der Waals surface area contributed by atoms with Crippen LogP contribution < -0.4 is 0 Å². The van der Waals surface area contributed by atoms with Gasteiger partial charge in [-0.2, -0.15) is 5.10 Å². The van der Waals surface area contributed by atoms with Crippen molar-refractivity contribution in [2.45, 2.75) is 83.8 Å². The fraction of sp³-hybridized carbons (Fsp3) is 0.452. The number of hydrogen-bond acceptors (Lipinski definition) is 7. The molecule has 2 bridgehead atoms. The summed E-state index contributed by atoms with van der Waals surface area (Å²) in [4.78, 5) is 61.5. The summed E-state index contributed by atoms with van der Waals surface area (Å²) in [5.74, 6) is -0.758. The maximum absolute atomic E-state index is 13.8. The van der Waals surface area contributed by atoms with Crippen molar-refractivity contribution in [3.63, 3.8) is 0 Å². The van der Waals surface area contributed by atoms with Crippen LogP contribution in [0.3, 0.4) is 0 Å². The van der Waals surface area contributed by atoms with E-state index < -0.39 is 12.0 Å². The Morgan fingerprint density at radius 3 is 2.56 bits per heavy atom. The number of carboxylic acids is 1. The molecule has 1 saturated heterocycles. The zero-order chi connectivity index (χ0) is 28.9. The molecular weight excluding hydrogens is 522 g/mol. The molecule has 41 heavy (non-hydrogen) atoms. The first-order valence-electron chi connectivity index (χ1n) is 14.2. The summed E-state index contributed by atoms with van der Waals surface area (Å²) in [6, 6.07) is 2.77. The fourth-order valence-corrected chi connectivity index (χ4v) is 6.68. The van der Waals surface area contributed by atoms with Gasteiger partial charge in [0.1, 0.15) is 29.9 Å². The smallest absolute Gasteiger partial charge is 0.326 e. The third kappa shape index (κ3) is 4.96. The van der Waals surface area contributed by atoms with Crippen molar-refractivity contribution in [1.82, 2.24) is 24.6 Å². The number of hydrogen-bond donors (Lipinski definition) is 1. The van der Waals surface area contributed by atoms with Crippen molar-refractivity contribution in [1.29, 1.82) is 0 Å². The average Bonchev–Trinajstić information content (AvgIpc) is 3.34. The molecule has 0 radical (unpaired) electrons. The molecule has 4 heterocycles. The molecule has 1 N–H and O–H groups in total. The Labute approximate surface area is 237 Å². The normalized spacial score (nSPS) is 25.6. The molecular formula is C31H33N5O5.